The van der Waals surface area contributed by atoms with Crippen molar-refractivity contribution in [1.82, 2.24) is 4.98 Å². The van der Waals surface area contributed by atoms with Gasteiger partial charge in [0.2, 0.25) is 0 Å². The molecule has 0 saturated heterocycles. The van der Waals surface area contributed by atoms with Gasteiger partial charge in [-0.3, -0.25) is 0 Å². The number of pyridine rings is 1. The number of anilines is 1. The number of methoxy groups -OCH3 is 1. The Morgan fingerprint density at radius 1 is 1.56 bits per heavy atom. The summed E-state index contributed by atoms with van der Waals surface area (Å²) < 4.78 is 5.20. The largest absolute Gasteiger partial charge is 0.493 e. The van der Waals surface area contributed by atoms with Crippen LogP contribution < -0.4 is 10.1 Å². The van der Waals surface area contributed by atoms with E-state index in [1.165, 1.54) is 0 Å². The highest BCUT2D eigenvalue weighted by Crippen LogP contribution is 2.27. The van der Waals surface area contributed by atoms with Gasteiger partial charge in [-0.05, 0) is 25.0 Å². The topological polar surface area (TPSA) is 54.4 Å². The Bertz CT molecular complexity index is 344. The summed E-state index contributed by atoms with van der Waals surface area (Å²) in [6.07, 6.45) is 4.69. The van der Waals surface area contributed by atoms with E-state index in [0.29, 0.717) is 5.92 Å². The van der Waals surface area contributed by atoms with Crippen molar-refractivity contribution >= 4 is 5.82 Å². The van der Waals surface area contributed by atoms with Crippen molar-refractivity contribution in [2.75, 3.05) is 19.0 Å². The maximum absolute atomic E-state index is 9.70. The first-order chi connectivity index (χ1) is 7.81. The zero-order chi connectivity index (χ0) is 11.4. The van der Waals surface area contributed by atoms with Gasteiger partial charge in [-0.15, -0.1) is 0 Å². The van der Waals surface area contributed by atoms with Crippen LogP contribution in [0.4, 0.5) is 5.82 Å². The summed E-state index contributed by atoms with van der Waals surface area (Å²) >= 11 is 0. The number of aliphatic hydroxyl groups is 1. The Morgan fingerprint density at radius 2 is 2.44 bits per heavy atom. The maximum Gasteiger partial charge on any atom is 0.168 e. The number of aliphatic hydroxyl groups excluding tert-OH is 1. The van der Waals surface area contributed by atoms with Gasteiger partial charge in [0.1, 0.15) is 0 Å². The molecule has 2 unspecified atom stereocenters. The van der Waals surface area contributed by atoms with Gasteiger partial charge in [0, 0.05) is 18.7 Å². The van der Waals surface area contributed by atoms with Gasteiger partial charge in [0.25, 0.3) is 0 Å². The van der Waals surface area contributed by atoms with Crippen molar-refractivity contribution in [2.24, 2.45) is 5.92 Å². The van der Waals surface area contributed by atoms with Crippen LogP contribution in [0.1, 0.15) is 19.3 Å². The van der Waals surface area contributed by atoms with E-state index in [9.17, 15) is 5.11 Å². The number of nitrogens with one attached hydrogen (secondary N) is 1. The normalized spacial score (nSPS) is 24.4. The molecular formula is C12H18N2O2. The van der Waals surface area contributed by atoms with Gasteiger partial charge < -0.3 is 15.2 Å². The van der Waals surface area contributed by atoms with Crippen molar-refractivity contribution in [2.45, 2.75) is 25.4 Å². The molecule has 0 bridgehead atoms. The molecule has 1 saturated carbocycles. The van der Waals surface area contributed by atoms with Crippen LogP contribution in [-0.4, -0.2) is 29.8 Å². The molecule has 0 amide bonds. The monoisotopic (exact) mass is 222 g/mol. The molecule has 1 aromatic heterocycles. The van der Waals surface area contributed by atoms with Gasteiger partial charge in [0.15, 0.2) is 11.6 Å². The maximum atomic E-state index is 9.70. The molecule has 2 N–H and O–H groups in total. The zero-order valence-electron chi connectivity index (χ0n) is 9.52. The van der Waals surface area contributed by atoms with E-state index >= 15 is 0 Å². The third-order valence-electron chi connectivity index (χ3n) is 3.14. The Labute approximate surface area is 95.7 Å². The number of rotatable bonds is 4. The highest BCUT2D eigenvalue weighted by molar-refractivity contribution is 5.49. The molecule has 2 atom stereocenters. The Hall–Kier alpha value is -1.29. The fourth-order valence-corrected chi connectivity index (χ4v) is 2.17. The second-order valence-electron chi connectivity index (χ2n) is 4.19. The number of ether oxygens (including phenoxy) is 1. The first-order valence-electron chi connectivity index (χ1n) is 5.72. The smallest absolute Gasteiger partial charge is 0.168 e. The fraction of sp³-hybridized carbons (Fsp3) is 0.583. The molecule has 4 heteroatoms. The summed E-state index contributed by atoms with van der Waals surface area (Å²) in [6.45, 7) is 0.758. The van der Waals surface area contributed by atoms with E-state index in [-0.39, 0.29) is 6.10 Å². The molecule has 0 aliphatic heterocycles. The SMILES string of the molecule is COc1cccnc1NCC1CCCC1O. The molecule has 4 nitrogen and oxygen atoms in total. The van der Waals surface area contributed by atoms with Crippen molar-refractivity contribution in [3.05, 3.63) is 18.3 Å². The number of hydrogen-bond acceptors (Lipinski definition) is 4. The van der Waals surface area contributed by atoms with Crippen LogP contribution in [0.25, 0.3) is 0 Å². The Kier molecular flexibility index (Phi) is 3.62. The van der Waals surface area contributed by atoms with Crippen LogP contribution in [0.2, 0.25) is 0 Å². The molecule has 1 aromatic rings. The van der Waals surface area contributed by atoms with Gasteiger partial charge in [0.05, 0.1) is 13.2 Å². The minimum absolute atomic E-state index is 0.165. The minimum Gasteiger partial charge on any atom is -0.493 e. The van der Waals surface area contributed by atoms with E-state index in [4.69, 9.17) is 4.74 Å². The van der Waals surface area contributed by atoms with Crippen molar-refractivity contribution in [3.8, 4) is 5.75 Å². The summed E-state index contributed by atoms with van der Waals surface area (Å²) in [5.41, 5.74) is 0. The first-order valence-corrected chi connectivity index (χ1v) is 5.72. The molecule has 88 valence electrons. The lowest BCUT2D eigenvalue weighted by Crippen LogP contribution is -2.22. The quantitative estimate of drug-likeness (QED) is 0.813. The average molecular weight is 222 g/mol. The number of hydrogen-bond donors (Lipinski definition) is 2. The molecule has 2 rings (SSSR count). The zero-order valence-corrected chi connectivity index (χ0v) is 9.52. The summed E-state index contributed by atoms with van der Waals surface area (Å²) in [4.78, 5) is 4.22. The van der Waals surface area contributed by atoms with Crippen molar-refractivity contribution < 1.29 is 9.84 Å². The Morgan fingerprint density at radius 3 is 3.12 bits per heavy atom. The molecule has 1 heterocycles. The lowest BCUT2D eigenvalue weighted by Gasteiger charge is -2.16. The molecule has 1 fully saturated rings. The highest BCUT2D eigenvalue weighted by atomic mass is 16.5. The summed E-state index contributed by atoms with van der Waals surface area (Å²) in [7, 11) is 1.63. The Balaban J connectivity index is 1.93. The third kappa shape index (κ3) is 2.44. The average Bonchev–Trinajstić information content (AvgIpc) is 2.72. The standard InChI is InChI=1S/C12H18N2O2/c1-16-11-6-3-7-13-12(11)14-8-9-4-2-5-10(9)15/h3,6-7,9-10,15H,2,4-5,8H2,1H3,(H,13,14). The van der Waals surface area contributed by atoms with E-state index < -0.39 is 0 Å². The number of nitrogens with zero attached hydrogens (tertiary/aromatic N) is 1. The number of aromatic nitrogens is 1. The second kappa shape index (κ2) is 5.16. The minimum atomic E-state index is -0.165. The van der Waals surface area contributed by atoms with Gasteiger partial charge in [-0.25, -0.2) is 4.98 Å². The van der Waals surface area contributed by atoms with E-state index in [1.807, 2.05) is 12.1 Å². The second-order valence-corrected chi connectivity index (χ2v) is 4.19. The van der Waals surface area contributed by atoms with Crippen LogP contribution in [0.3, 0.4) is 0 Å². The molecule has 16 heavy (non-hydrogen) atoms. The van der Waals surface area contributed by atoms with E-state index in [2.05, 4.69) is 10.3 Å². The third-order valence-corrected chi connectivity index (χ3v) is 3.14. The first kappa shape index (κ1) is 11.2. The van der Waals surface area contributed by atoms with E-state index in [1.54, 1.807) is 13.3 Å². The molecule has 1 aliphatic carbocycles. The lowest BCUT2D eigenvalue weighted by atomic mass is 10.1. The molecule has 0 radical (unpaired) electrons. The molecule has 1 aliphatic rings. The predicted molar refractivity (Wildman–Crippen MR) is 62.6 cm³/mol. The summed E-state index contributed by atoms with van der Waals surface area (Å²) in [6, 6.07) is 3.72. The van der Waals surface area contributed by atoms with Crippen LogP contribution in [0.5, 0.6) is 5.75 Å². The van der Waals surface area contributed by atoms with Gasteiger partial charge in [-0.1, -0.05) is 6.42 Å². The highest BCUT2D eigenvalue weighted by Gasteiger charge is 2.25. The molecule has 0 aromatic carbocycles. The summed E-state index contributed by atoms with van der Waals surface area (Å²) in [5, 5.41) is 12.9. The van der Waals surface area contributed by atoms with Gasteiger partial charge in [-0.2, -0.15) is 0 Å². The van der Waals surface area contributed by atoms with Crippen molar-refractivity contribution in [3.63, 3.8) is 0 Å². The van der Waals surface area contributed by atoms with E-state index in [0.717, 1.165) is 37.4 Å². The van der Waals surface area contributed by atoms with Crippen LogP contribution in [-0.2, 0) is 0 Å². The van der Waals surface area contributed by atoms with Crippen LogP contribution in [0.15, 0.2) is 18.3 Å². The van der Waals surface area contributed by atoms with Gasteiger partial charge >= 0.3 is 0 Å². The summed E-state index contributed by atoms with van der Waals surface area (Å²) in [5.74, 6) is 1.84. The predicted octanol–water partition coefficient (Wildman–Crippen LogP) is 1.66. The van der Waals surface area contributed by atoms with Crippen LogP contribution in [0, 0.1) is 5.92 Å². The van der Waals surface area contributed by atoms with Crippen molar-refractivity contribution in [1.29, 1.82) is 0 Å². The molecular weight excluding hydrogens is 204 g/mol. The van der Waals surface area contributed by atoms with Crippen LogP contribution >= 0.6 is 0 Å². The molecule has 0 spiro atoms. The fourth-order valence-electron chi connectivity index (χ4n) is 2.17. The lowest BCUT2D eigenvalue weighted by molar-refractivity contribution is 0.138.